The standard InChI is InChI=1S/C13H14BrNO2/c1-9(13(2,3)8-15)17-12(16)10-4-6-11(14)7-5-10/h4-7,9H,1-3H3. The zero-order chi connectivity index (χ0) is 13.1. The predicted molar refractivity (Wildman–Crippen MR) is 68.4 cm³/mol. The van der Waals surface area contributed by atoms with Gasteiger partial charge >= 0.3 is 5.97 Å². The summed E-state index contributed by atoms with van der Waals surface area (Å²) in [5, 5.41) is 8.94. The minimum Gasteiger partial charge on any atom is -0.457 e. The summed E-state index contributed by atoms with van der Waals surface area (Å²) in [5.41, 5.74) is -0.209. The topological polar surface area (TPSA) is 50.1 Å². The summed E-state index contributed by atoms with van der Waals surface area (Å²) in [6.45, 7) is 5.21. The molecule has 0 spiro atoms. The van der Waals surface area contributed by atoms with Crippen LogP contribution in [0, 0.1) is 16.7 Å². The third-order valence-corrected chi connectivity index (χ3v) is 3.20. The molecule has 0 aliphatic rings. The number of halogens is 1. The smallest absolute Gasteiger partial charge is 0.338 e. The number of esters is 1. The Kier molecular flexibility index (Phi) is 4.30. The highest BCUT2D eigenvalue weighted by Crippen LogP contribution is 2.23. The van der Waals surface area contributed by atoms with E-state index in [0.29, 0.717) is 5.56 Å². The first-order valence-electron chi connectivity index (χ1n) is 5.24. The molecule has 1 aromatic rings. The lowest BCUT2D eigenvalue weighted by Crippen LogP contribution is -2.30. The number of nitriles is 1. The monoisotopic (exact) mass is 295 g/mol. The van der Waals surface area contributed by atoms with Gasteiger partial charge < -0.3 is 4.74 Å². The summed E-state index contributed by atoms with van der Waals surface area (Å²) in [5.74, 6) is -0.409. The molecule has 1 aromatic carbocycles. The number of hydrogen-bond acceptors (Lipinski definition) is 3. The van der Waals surface area contributed by atoms with Gasteiger partial charge in [-0.2, -0.15) is 5.26 Å². The lowest BCUT2D eigenvalue weighted by atomic mass is 9.89. The van der Waals surface area contributed by atoms with E-state index in [9.17, 15) is 4.79 Å². The van der Waals surface area contributed by atoms with Crippen molar-refractivity contribution in [3.05, 3.63) is 34.3 Å². The van der Waals surface area contributed by atoms with E-state index in [1.54, 1.807) is 45.0 Å². The predicted octanol–water partition coefficient (Wildman–Crippen LogP) is 3.54. The number of rotatable bonds is 3. The molecule has 0 heterocycles. The molecule has 0 aliphatic heterocycles. The molecular weight excluding hydrogens is 282 g/mol. The quantitative estimate of drug-likeness (QED) is 0.801. The summed E-state index contributed by atoms with van der Waals surface area (Å²) in [6, 6.07) is 9.03. The first-order chi connectivity index (χ1) is 7.86. The molecule has 1 unspecified atom stereocenters. The van der Waals surface area contributed by atoms with Crippen molar-refractivity contribution in [1.29, 1.82) is 5.26 Å². The maximum Gasteiger partial charge on any atom is 0.338 e. The van der Waals surface area contributed by atoms with Crippen LogP contribution in [-0.2, 0) is 4.74 Å². The highest BCUT2D eigenvalue weighted by molar-refractivity contribution is 9.10. The van der Waals surface area contributed by atoms with Crippen LogP contribution in [0.3, 0.4) is 0 Å². The highest BCUT2D eigenvalue weighted by atomic mass is 79.9. The van der Waals surface area contributed by atoms with Gasteiger partial charge in [-0.1, -0.05) is 15.9 Å². The summed E-state index contributed by atoms with van der Waals surface area (Å²) < 4.78 is 6.16. The number of benzene rings is 1. The Hall–Kier alpha value is -1.34. The van der Waals surface area contributed by atoms with Crippen LogP contribution in [0.2, 0.25) is 0 Å². The molecule has 0 aliphatic carbocycles. The molecule has 0 radical (unpaired) electrons. The van der Waals surface area contributed by atoms with Gasteiger partial charge in [-0.05, 0) is 45.0 Å². The fraction of sp³-hybridized carbons (Fsp3) is 0.385. The van der Waals surface area contributed by atoms with Crippen LogP contribution in [0.1, 0.15) is 31.1 Å². The zero-order valence-corrected chi connectivity index (χ0v) is 11.6. The van der Waals surface area contributed by atoms with E-state index in [4.69, 9.17) is 10.00 Å². The molecule has 0 amide bonds. The molecule has 0 saturated carbocycles. The first-order valence-corrected chi connectivity index (χ1v) is 6.04. The van der Waals surface area contributed by atoms with Gasteiger partial charge in [-0.15, -0.1) is 0 Å². The maximum absolute atomic E-state index is 11.8. The molecule has 4 heteroatoms. The van der Waals surface area contributed by atoms with Crippen LogP contribution in [0.5, 0.6) is 0 Å². The van der Waals surface area contributed by atoms with Gasteiger partial charge in [0.05, 0.1) is 17.0 Å². The van der Waals surface area contributed by atoms with Crippen LogP contribution in [0.4, 0.5) is 0 Å². The highest BCUT2D eigenvalue weighted by Gasteiger charge is 2.29. The number of carbonyl (C=O) groups excluding carboxylic acids is 1. The van der Waals surface area contributed by atoms with Crippen molar-refractivity contribution in [1.82, 2.24) is 0 Å². The molecule has 3 nitrogen and oxygen atoms in total. The van der Waals surface area contributed by atoms with E-state index in [0.717, 1.165) is 4.47 Å². The van der Waals surface area contributed by atoms with Crippen molar-refractivity contribution in [3.8, 4) is 6.07 Å². The lowest BCUT2D eigenvalue weighted by molar-refractivity contribution is 0.0129. The third kappa shape index (κ3) is 3.57. The van der Waals surface area contributed by atoms with E-state index in [1.807, 2.05) is 0 Å². The number of nitrogens with zero attached hydrogens (tertiary/aromatic N) is 1. The molecule has 0 aromatic heterocycles. The molecular formula is C13H14BrNO2. The average Bonchev–Trinajstić information content (AvgIpc) is 2.29. The van der Waals surface area contributed by atoms with Crippen LogP contribution < -0.4 is 0 Å². The third-order valence-electron chi connectivity index (χ3n) is 2.67. The number of ether oxygens (including phenoxy) is 1. The molecule has 0 N–H and O–H groups in total. The van der Waals surface area contributed by atoms with Crippen LogP contribution >= 0.6 is 15.9 Å². The first kappa shape index (κ1) is 13.7. The van der Waals surface area contributed by atoms with Gasteiger partial charge in [0, 0.05) is 4.47 Å². The van der Waals surface area contributed by atoms with Crippen LogP contribution in [0.25, 0.3) is 0 Å². The van der Waals surface area contributed by atoms with Crippen molar-refractivity contribution in [2.24, 2.45) is 5.41 Å². The normalized spacial score (nSPS) is 12.6. The van der Waals surface area contributed by atoms with E-state index in [-0.39, 0.29) is 0 Å². The lowest BCUT2D eigenvalue weighted by Gasteiger charge is -2.24. The van der Waals surface area contributed by atoms with Gasteiger partial charge in [0.15, 0.2) is 0 Å². The van der Waals surface area contributed by atoms with Crippen molar-refractivity contribution in [3.63, 3.8) is 0 Å². The fourth-order valence-electron chi connectivity index (χ4n) is 1.05. The van der Waals surface area contributed by atoms with Gasteiger partial charge in [0.1, 0.15) is 6.10 Å². The second kappa shape index (κ2) is 5.33. The van der Waals surface area contributed by atoms with Gasteiger partial charge in [0.25, 0.3) is 0 Å². The average molecular weight is 296 g/mol. The number of hydrogen-bond donors (Lipinski definition) is 0. The summed E-state index contributed by atoms with van der Waals surface area (Å²) >= 11 is 3.29. The largest absolute Gasteiger partial charge is 0.457 e. The molecule has 90 valence electrons. The van der Waals surface area contributed by atoms with Gasteiger partial charge in [0.2, 0.25) is 0 Å². The van der Waals surface area contributed by atoms with Crippen molar-refractivity contribution in [2.75, 3.05) is 0 Å². The zero-order valence-electron chi connectivity index (χ0n) is 10.0. The van der Waals surface area contributed by atoms with E-state index in [1.165, 1.54) is 0 Å². The van der Waals surface area contributed by atoms with Crippen molar-refractivity contribution in [2.45, 2.75) is 26.9 Å². The Bertz CT molecular complexity index is 445. The van der Waals surface area contributed by atoms with E-state index >= 15 is 0 Å². The van der Waals surface area contributed by atoms with Gasteiger partial charge in [-0.3, -0.25) is 0 Å². The van der Waals surface area contributed by atoms with E-state index < -0.39 is 17.5 Å². The SMILES string of the molecule is CC(OC(=O)c1ccc(Br)cc1)C(C)(C)C#N. The van der Waals surface area contributed by atoms with Crippen LogP contribution in [0.15, 0.2) is 28.7 Å². The summed E-state index contributed by atoms with van der Waals surface area (Å²) in [7, 11) is 0. The van der Waals surface area contributed by atoms with Crippen molar-refractivity contribution < 1.29 is 9.53 Å². The minimum atomic E-state index is -0.689. The Labute approximate surface area is 110 Å². The fourth-order valence-corrected chi connectivity index (χ4v) is 1.32. The van der Waals surface area contributed by atoms with Gasteiger partial charge in [-0.25, -0.2) is 4.79 Å². The Morgan fingerprint density at radius 2 is 1.94 bits per heavy atom. The molecule has 1 rings (SSSR count). The summed E-state index contributed by atoms with van der Waals surface area (Å²) in [4.78, 5) is 11.8. The molecule has 0 fully saturated rings. The molecule has 1 atom stereocenters. The Morgan fingerprint density at radius 3 is 2.41 bits per heavy atom. The van der Waals surface area contributed by atoms with E-state index in [2.05, 4.69) is 22.0 Å². The minimum absolute atomic E-state index is 0.409. The molecule has 17 heavy (non-hydrogen) atoms. The maximum atomic E-state index is 11.8. The molecule has 0 bridgehead atoms. The van der Waals surface area contributed by atoms with Crippen molar-refractivity contribution >= 4 is 21.9 Å². The summed E-state index contributed by atoms with van der Waals surface area (Å²) in [6.07, 6.45) is -0.455. The second-order valence-corrected chi connectivity index (χ2v) is 5.30. The number of carbonyl (C=O) groups is 1. The second-order valence-electron chi connectivity index (χ2n) is 4.39. The van der Waals surface area contributed by atoms with Crippen LogP contribution in [-0.4, -0.2) is 12.1 Å². The molecule has 0 saturated heterocycles. The Balaban J connectivity index is 2.74. The Morgan fingerprint density at radius 1 is 1.41 bits per heavy atom.